The molecule has 0 saturated heterocycles. The van der Waals surface area contributed by atoms with Crippen LogP contribution in [0, 0.1) is 0 Å². The Morgan fingerprint density at radius 3 is 2.64 bits per heavy atom. The third kappa shape index (κ3) is 3.97. The predicted octanol–water partition coefficient (Wildman–Crippen LogP) is 3.47. The zero-order valence-electron chi connectivity index (χ0n) is 5.61. The average molecular weight is 213 g/mol. The number of rotatable bonds is 2. The van der Waals surface area contributed by atoms with E-state index in [0.29, 0.717) is 6.42 Å². The average Bonchev–Trinajstić information content (AvgIpc) is 1.85. The third-order valence-corrected chi connectivity index (χ3v) is 2.19. The van der Waals surface area contributed by atoms with Gasteiger partial charge in [-0.2, -0.15) is 0 Å². The topological polar surface area (TPSA) is 26.3 Å². The highest BCUT2D eigenvalue weighted by molar-refractivity contribution is 8.05. The predicted molar refractivity (Wildman–Crippen MR) is 47.1 cm³/mol. The maximum Gasteiger partial charge on any atom is 0.380 e. The lowest BCUT2D eigenvalue weighted by Crippen LogP contribution is -2.05. The molecule has 1 aliphatic carbocycles. The van der Waals surface area contributed by atoms with Crippen LogP contribution in [0.25, 0.3) is 0 Å². The van der Waals surface area contributed by atoms with E-state index in [1.807, 2.05) is 12.2 Å². The lowest BCUT2D eigenvalue weighted by atomic mass is 10.1. The van der Waals surface area contributed by atoms with Crippen molar-refractivity contribution in [1.29, 1.82) is 0 Å². The monoisotopic (exact) mass is 212 g/mol. The van der Waals surface area contributed by atoms with Gasteiger partial charge in [0.15, 0.2) is 0 Å². The molecule has 62 valence electrons. The number of hydrogen-bond donors (Lipinski definition) is 0. The molecular formula is C6H7Cl2O2P. The second kappa shape index (κ2) is 3.77. The number of hydrogen-bond acceptors (Lipinski definition) is 2. The molecule has 0 aliphatic heterocycles. The first-order valence-electron chi connectivity index (χ1n) is 3.09. The number of allylic oxidation sites excluding steroid dienone is 2. The van der Waals surface area contributed by atoms with Crippen molar-refractivity contribution in [1.82, 2.24) is 0 Å². The second-order valence-electron chi connectivity index (χ2n) is 2.11. The normalized spacial score (nSPS) is 24.0. The van der Waals surface area contributed by atoms with E-state index in [1.165, 1.54) is 0 Å². The van der Waals surface area contributed by atoms with Crippen LogP contribution < -0.4 is 0 Å². The second-order valence-corrected chi connectivity index (χ2v) is 6.34. The van der Waals surface area contributed by atoms with E-state index in [9.17, 15) is 4.57 Å². The van der Waals surface area contributed by atoms with Crippen LogP contribution in [-0.4, -0.2) is 6.10 Å². The molecule has 0 aromatic carbocycles. The molecule has 0 saturated carbocycles. The van der Waals surface area contributed by atoms with Gasteiger partial charge in [0, 0.05) is 0 Å². The zero-order chi connectivity index (χ0) is 8.32. The Kier molecular flexibility index (Phi) is 3.20. The maximum atomic E-state index is 10.7. The largest absolute Gasteiger partial charge is 0.380 e. The summed E-state index contributed by atoms with van der Waals surface area (Å²) >= 11 is 10.4. The van der Waals surface area contributed by atoms with E-state index in [-0.39, 0.29) is 6.10 Å². The molecule has 0 bridgehead atoms. The van der Waals surface area contributed by atoms with Gasteiger partial charge in [0.1, 0.15) is 0 Å². The fraction of sp³-hybridized carbons (Fsp3) is 0.333. The van der Waals surface area contributed by atoms with Crippen molar-refractivity contribution in [3.8, 4) is 0 Å². The summed E-state index contributed by atoms with van der Waals surface area (Å²) in [6.45, 7) is 0. The van der Waals surface area contributed by atoms with Gasteiger partial charge >= 0.3 is 6.07 Å². The zero-order valence-corrected chi connectivity index (χ0v) is 8.02. The van der Waals surface area contributed by atoms with Crippen LogP contribution in [0.2, 0.25) is 0 Å². The van der Waals surface area contributed by atoms with Crippen molar-refractivity contribution in [3.63, 3.8) is 0 Å². The van der Waals surface area contributed by atoms with Crippen molar-refractivity contribution < 1.29 is 9.09 Å². The van der Waals surface area contributed by atoms with E-state index in [1.54, 1.807) is 12.2 Å². The van der Waals surface area contributed by atoms with Crippen molar-refractivity contribution in [2.24, 2.45) is 0 Å². The fourth-order valence-corrected chi connectivity index (χ4v) is 1.88. The van der Waals surface area contributed by atoms with Gasteiger partial charge in [-0.15, -0.1) is 0 Å². The van der Waals surface area contributed by atoms with Crippen LogP contribution in [0.1, 0.15) is 6.42 Å². The van der Waals surface area contributed by atoms with E-state index < -0.39 is 6.07 Å². The summed E-state index contributed by atoms with van der Waals surface area (Å²) in [4.78, 5) is 0. The molecule has 1 atom stereocenters. The van der Waals surface area contributed by atoms with Crippen molar-refractivity contribution in [2.75, 3.05) is 0 Å². The minimum Gasteiger partial charge on any atom is -0.298 e. The minimum atomic E-state index is -3.37. The molecule has 0 heterocycles. The SMILES string of the molecule is O=P(Cl)(Cl)OC1C=CC=CC1. The summed E-state index contributed by atoms with van der Waals surface area (Å²) < 4.78 is 15.6. The first-order chi connectivity index (χ1) is 5.08. The molecule has 0 amide bonds. The molecule has 1 aliphatic rings. The lowest BCUT2D eigenvalue weighted by Gasteiger charge is -2.13. The summed E-state index contributed by atoms with van der Waals surface area (Å²) in [5, 5.41) is 0. The molecule has 0 aromatic rings. The smallest absolute Gasteiger partial charge is 0.298 e. The van der Waals surface area contributed by atoms with E-state index in [2.05, 4.69) is 0 Å². The Hall–Kier alpha value is 0.250. The van der Waals surface area contributed by atoms with Gasteiger partial charge in [0.25, 0.3) is 0 Å². The van der Waals surface area contributed by atoms with Gasteiger partial charge in [-0.1, -0.05) is 24.3 Å². The summed E-state index contributed by atoms with van der Waals surface area (Å²) in [5.74, 6) is 0. The Labute approximate surface area is 74.9 Å². The minimum absolute atomic E-state index is 0.249. The summed E-state index contributed by atoms with van der Waals surface area (Å²) in [7, 11) is 0. The van der Waals surface area contributed by atoms with Gasteiger partial charge in [-0.25, -0.2) is 0 Å². The van der Waals surface area contributed by atoms with Crippen LogP contribution in [-0.2, 0) is 9.09 Å². The molecule has 1 unspecified atom stereocenters. The summed E-state index contributed by atoms with van der Waals surface area (Å²) in [6, 6.07) is 0. The third-order valence-electron chi connectivity index (χ3n) is 1.20. The van der Waals surface area contributed by atoms with E-state index >= 15 is 0 Å². The molecule has 0 N–H and O–H groups in total. The first kappa shape index (κ1) is 9.34. The molecule has 0 aromatic heterocycles. The molecule has 0 fully saturated rings. The standard InChI is InChI=1S/C6H7Cl2O2P/c7-11(8,9)10-6-4-2-1-3-5-6/h1-4,6H,5H2. The van der Waals surface area contributed by atoms with Crippen LogP contribution in [0.15, 0.2) is 24.3 Å². The van der Waals surface area contributed by atoms with E-state index in [4.69, 9.17) is 27.0 Å². The van der Waals surface area contributed by atoms with Crippen LogP contribution in [0.4, 0.5) is 0 Å². The van der Waals surface area contributed by atoms with Gasteiger partial charge in [-0.05, 0) is 28.9 Å². The van der Waals surface area contributed by atoms with Crippen molar-refractivity contribution in [3.05, 3.63) is 24.3 Å². The molecule has 11 heavy (non-hydrogen) atoms. The van der Waals surface area contributed by atoms with Gasteiger partial charge in [0.2, 0.25) is 0 Å². The highest BCUT2D eigenvalue weighted by atomic mass is 35.9. The molecule has 5 heteroatoms. The Morgan fingerprint density at radius 2 is 2.18 bits per heavy atom. The molecule has 2 nitrogen and oxygen atoms in total. The van der Waals surface area contributed by atoms with Gasteiger partial charge in [0.05, 0.1) is 6.10 Å². The van der Waals surface area contributed by atoms with Crippen LogP contribution >= 0.6 is 28.6 Å². The maximum absolute atomic E-state index is 10.7. The number of halogens is 2. The van der Waals surface area contributed by atoms with Crippen molar-refractivity contribution in [2.45, 2.75) is 12.5 Å². The van der Waals surface area contributed by atoms with Crippen LogP contribution in [0.3, 0.4) is 0 Å². The van der Waals surface area contributed by atoms with Gasteiger partial charge < -0.3 is 0 Å². The highest BCUT2D eigenvalue weighted by Gasteiger charge is 2.19. The van der Waals surface area contributed by atoms with Crippen molar-refractivity contribution >= 4 is 28.6 Å². The summed E-state index contributed by atoms with van der Waals surface area (Å²) in [6.07, 6.45) is 4.39. The highest BCUT2D eigenvalue weighted by Crippen LogP contribution is 2.58. The Morgan fingerprint density at radius 1 is 1.45 bits per heavy atom. The quantitative estimate of drug-likeness (QED) is 0.656. The molecular weight excluding hydrogens is 206 g/mol. The first-order valence-corrected chi connectivity index (χ1v) is 6.52. The van der Waals surface area contributed by atoms with E-state index in [0.717, 1.165) is 0 Å². The van der Waals surface area contributed by atoms with Gasteiger partial charge in [-0.3, -0.25) is 9.09 Å². The van der Waals surface area contributed by atoms with Crippen LogP contribution in [0.5, 0.6) is 0 Å². The molecule has 1 rings (SSSR count). The summed E-state index contributed by atoms with van der Waals surface area (Å²) in [5.41, 5.74) is 0. The molecule has 0 radical (unpaired) electrons. The Bertz CT molecular complexity index is 231. The Balaban J connectivity index is 2.46. The lowest BCUT2D eigenvalue weighted by molar-refractivity contribution is 0.269. The molecule has 0 spiro atoms. The fourth-order valence-electron chi connectivity index (χ4n) is 0.794.